The third-order valence-electron chi connectivity index (χ3n) is 2.38. The number of carbonyl (C=O) groups excluding carboxylic acids is 1. The van der Waals surface area contributed by atoms with E-state index in [9.17, 15) is 4.79 Å². The van der Waals surface area contributed by atoms with Gasteiger partial charge in [0, 0.05) is 18.0 Å². The molecule has 0 aromatic rings. The number of azide groups is 1. The highest BCUT2D eigenvalue weighted by Crippen LogP contribution is 2.26. The number of primary amides is 1. The molecule has 1 aliphatic heterocycles. The van der Waals surface area contributed by atoms with Crippen LogP contribution in [0.3, 0.4) is 0 Å². The Balaban J connectivity index is 2.36. The molecule has 15 heavy (non-hydrogen) atoms. The van der Waals surface area contributed by atoms with E-state index in [1.807, 2.05) is 11.8 Å². The molecule has 84 valence electrons. The lowest BCUT2D eigenvalue weighted by Crippen LogP contribution is -2.47. The third kappa shape index (κ3) is 3.99. The summed E-state index contributed by atoms with van der Waals surface area (Å²) in [6.45, 7) is 0.846. The van der Waals surface area contributed by atoms with Gasteiger partial charge in [-0.05, 0) is 29.4 Å². The molecule has 1 fully saturated rings. The van der Waals surface area contributed by atoms with E-state index >= 15 is 0 Å². The Hall–Kier alpha value is -0.910. The summed E-state index contributed by atoms with van der Waals surface area (Å²) in [5.74, 6) is 2.07. The first-order valence-electron chi connectivity index (χ1n) is 4.87. The van der Waals surface area contributed by atoms with Crippen molar-refractivity contribution in [1.82, 2.24) is 5.32 Å². The normalized spacial score (nSPS) is 22.0. The second-order valence-electron chi connectivity index (χ2n) is 3.41. The highest BCUT2D eigenvalue weighted by atomic mass is 32.2. The van der Waals surface area contributed by atoms with Gasteiger partial charge in [-0.1, -0.05) is 5.11 Å². The summed E-state index contributed by atoms with van der Waals surface area (Å²) in [5, 5.41) is 6.43. The largest absolute Gasteiger partial charge is 0.368 e. The van der Waals surface area contributed by atoms with Crippen LogP contribution in [0.2, 0.25) is 0 Å². The summed E-state index contributed by atoms with van der Waals surface area (Å²) in [6.07, 6.45) is 1.02. The minimum Gasteiger partial charge on any atom is -0.368 e. The molecule has 0 aromatic heterocycles. The van der Waals surface area contributed by atoms with Crippen LogP contribution in [0.5, 0.6) is 0 Å². The van der Waals surface area contributed by atoms with Crippen LogP contribution >= 0.6 is 11.8 Å². The maximum absolute atomic E-state index is 11.2. The highest BCUT2D eigenvalue weighted by Gasteiger charge is 2.28. The lowest BCUT2D eigenvalue weighted by atomic mass is 9.99. The molecule has 2 unspecified atom stereocenters. The minimum atomic E-state index is -0.316. The number of nitrogens with one attached hydrogen (secondary N) is 1. The lowest BCUT2D eigenvalue weighted by Gasteiger charge is -2.20. The van der Waals surface area contributed by atoms with Gasteiger partial charge < -0.3 is 11.1 Å². The Bertz CT molecular complexity index is 260. The summed E-state index contributed by atoms with van der Waals surface area (Å²) in [7, 11) is 0. The lowest BCUT2D eigenvalue weighted by molar-refractivity contribution is -0.121. The summed E-state index contributed by atoms with van der Waals surface area (Å²) in [4.78, 5) is 13.8. The van der Waals surface area contributed by atoms with Gasteiger partial charge in [0.2, 0.25) is 5.91 Å². The minimum absolute atomic E-state index is 0.283. The topological polar surface area (TPSA) is 104 Å². The van der Waals surface area contributed by atoms with Crippen molar-refractivity contribution in [2.45, 2.75) is 12.5 Å². The molecule has 2 atom stereocenters. The molecule has 0 radical (unpaired) electrons. The Kier molecular flexibility index (Phi) is 5.31. The van der Waals surface area contributed by atoms with Crippen molar-refractivity contribution in [3.8, 4) is 0 Å². The van der Waals surface area contributed by atoms with Gasteiger partial charge in [-0.3, -0.25) is 4.79 Å². The van der Waals surface area contributed by atoms with Crippen LogP contribution in [0.25, 0.3) is 10.4 Å². The molecule has 0 bridgehead atoms. The predicted octanol–water partition coefficient (Wildman–Crippen LogP) is 0.493. The highest BCUT2D eigenvalue weighted by molar-refractivity contribution is 7.99. The third-order valence-corrected chi connectivity index (χ3v) is 3.57. The predicted molar refractivity (Wildman–Crippen MR) is 60.4 cm³/mol. The van der Waals surface area contributed by atoms with Crippen molar-refractivity contribution in [3.05, 3.63) is 10.4 Å². The molecule has 1 heterocycles. The van der Waals surface area contributed by atoms with Crippen molar-refractivity contribution in [2.75, 3.05) is 24.6 Å². The van der Waals surface area contributed by atoms with Crippen LogP contribution in [-0.4, -0.2) is 36.5 Å². The Morgan fingerprint density at radius 1 is 1.80 bits per heavy atom. The molecule has 1 rings (SSSR count). The van der Waals surface area contributed by atoms with Crippen LogP contribution in [0.1, 0.15) is 6.42 Å². The fourth-order valence-electron chi connectivity index (χ4n) is 1.63. The first-order valence-corrected chi connectivity index (χ1v) is 6.02. The summed E-state index contributed by atoms with van der Waals surface area (Å²) in [5.41, 5.74) is 13.4. The van der Waals surface area contributed by atoms with E-state index in [1.54, 1.807) is 0 Å². The van der Waals surface area contributed by atoms with Gasteiger partial charge in [-0.15, -0.1) is 0 Å². The van der Waals surface area contributed by atoms with Crippen molar-refractivity contribution in [3.63, 3.8) is 0 Å². The van der Waals surface area contributed by atoms with E-state index in [0.717, 1.165) is 17.9 Å². The van der Waals surface area contributed by atoms with Gasteiger partial charge in [-0.25, -0.2) is 0 Å². The Morgan fingerprint density at radius 2 is 2.60 bits per heavy atom. The molecule has 0 aromatic carbocycles. The van der Waals surface area contributed by atoms with Crippen molar-refractivity contribution in [1.29, 1.82) is 0 Å². The van der Waals surface area contributed by atoms with Crippen LogP contribution in [0.4, 0.5) is 0 Å². The molecule has 1 aliphatic rings. The van der Waals surface area contributed by atoms with E-state index < -0.39 is 0 Å². The maximum Gasteiger partial charge on any atom is 0.234 e. The van der Waals surface area contributed by atoms with E-state index in [-0.39, 0.29) is 11.9 Å². The molecule has 3 N–H and O–H groups in total. The zero-order chi connectivity index (χ0) is 11.1. The van der Waals surface area contributed by atoms with Gasteiger partial charge in [0.05, 0.1) is 6.04 Å². The van der Waals surface area contributed by atoms with Gasteiger partial charge in [0.15, 0.2) is 0 Å². The SMILES string of the molecule is [N-]=[N+]=NCCNC(C(N)=O)C1CCSC1. The summed E-state index contributed by atoms with van der Waals surface area (Å²) < 4.78 is 0. The Labute approximate surface area is 92.6 Å². The van der Waals surface area contributed by atoms with Crippen molar-refractivity contribution < 1.29 is 4.79 Å². The first kappa shape index (κ1) is 12.2. The van der Waals surface area contributed by atoms with Crippen LogP contribution in [-0.2, 0) is 4.79 Å². The molecule has 7 heteroatoms. The number of amides is 1. The van der Waals surface area contributed by atoms with E-state index in [0.29, 0.717) is 19.0 Å². The molecule has 0 spiro atoms. The van der Waals surface area contributed by atoms with Gasteiger partial charge in [0.1, 0.15) is 0 Å². The zero-order valence-corrected chi connectivity index (χ0v) is 9.24. The van der Waals surface area contributed by atoms with Gasteiger partial charge >= 0.3 is 0 Å². The molecule has 1 saturated heterocycles. The van der Waals surface area contributed by atoms with Crippen LogP contribution in [0, 0.1) is 5.92 Å². The molecule has 0 saturated carbocycles. The van der Waals surface area contributed by atoms with E-state index in [2.05, 4.69) is 15.3 Å². The fourth-order valence-corrected chi connectivity index (χ4v) is 2.93. The standard InChI is InChI=1S/C8H15N5OS/c9-8(14)7(6-1-4-15-5-6)11-2-3-12-13-10/h6-7,11H,1-5H2,(H2,9,14). The average molecular weight is 229 g/mol. The maximum atomic E-state index is 11.2. The van der Waals surface area contributed by atoms with Crippen LogP contribution in [0.15, 0.2) is 5.11 Å². The zero-order valence-electron chi connectivity index (χ0n) is 8.43. The number of carbonyl (C=O) groups is 1. The smallest absolute Gasteiger partial charge is 0.234 e. The second-order valence-corrected chi connectivity index (χ2v) is 4.56. The first-order chi connectivity index (χ1) is 7.25. The fraction of sp³-hybridized carbons (Fsp3) is 0.875. The number of hydrogen-bond acceptors (Lipinski definition) is 4. The van der Waals surface area contributed by atoms with Gasteiger partial charge in [0.25, 0.3) is 0 Å². The van der Waals surface area contributed by atoms with Crippen molar-refractivity contribution in [2.24, 2.45) is 16.8 Å². The average Bonchev–Trinajstić information content (AvgIpc) is 2.70. The monoisotopic (exact) mass is 229 g/mol. The van der Waals surface area contributed by atoms with Gasteiger partial charge in [-0.2, -0.15) is 11.8 Å². The quantitative estimate of drug-likeness (QED) is 0.300. The molecular formula is C8H15N5OS. The summed E-state index contributed by atoms with van der Waals surface area (Å²) in [6, 6.07) is -0.283. The number of nitrogens with zero attached hydrogens (tertiary/aromatic N) is 3. The van der Waals surface area contributed by atoms with E-state index in [4.69, 9.17) is 11.3 Å². The number of thioether (sulfide) groups is 1. The van der Waals surface area contributed by atoms with E-state index in [1.165, 1.54) is 0 Å². The Morgan fingerprint density at radius 3 is 3.13 bits per heavy atom. The molecule has 1 amide bonds. The second kappa shape index (κ2) is 6.55. The number of nitrogens with two attached hydrogens (primary N) is 1. The number of hydrogen-bond donors (Lipinski definition) is 2. The molecular weight excluding hydrogens is 214 g/mol. The van der Waals surface area contributed by atoms with Crippen molar-refractivity contribution >= 4 is 17.7 Å². The molecule has 0 aliphatic carbocycles. The van der Waals surface area contributed by atoms with Crippen LogP contribution < -0.4 is 11.1 Å². The summed E-state index contributed by atoms with van der Waals surface area (Å²) >= 11 is 1.84. The molecule has 6 nitrogen and oxygen atoms in total. The number of rotatable bonds is 6.